The van der Waals surface area contributed by atoms with Gasteiger partial charge in [-0.1, -0.05) is 12.1 Å². The molecule has 0 saturated heterocycles. The van der Waals surface area contributed by atoms with Crippen LogP contribution in [0.4, 0.5) is 0 Å². The highest BCUT2D eigenvalue weighted by atomic mass is 16.5. The van der Waals surface area contributed by atoms with Crippen molar-refractivity contribution < 1.29 is 23.9 Å². The number of amides is 3. The standard InChI is InChI=1S/C18H27N3O5/c1-4-26-11-5-10-19-18(24)17(21-16(23)12-20-13(2)22)14-6-8-15(25-3)9-7-14/h6-9,17H,4-5,10-12H2,1-3H3,(H,19,24)(H,20,22)(H,21,23). The molecule has 1 aromatic rings. The van der Waals surface area contributed by atoms with Crippen molar-refractivity contribution in [1.82, 2.24) is 16.0 Å². The lowest BCUT2D eigenvalue weighted by molar-refractivity contribution is -0.129. The van der Waals surface area contributed by atoms with E-state index >= 15 is 0 Å². The van der Waals surface area contributed by atoms with E-state index < -0.39 is 11.9 Å². The molecule has 26 heavy (non-hydrogen) atoms. The summed E-state index contributed by atoms with van der Waals surface area (Å²) in [5.74, 6) is -0.455. The van der Waals surface area contributed by atoms with E-state index in [9.17, 15) is 14.4 Å². The highest BCUT2D eigenvalue weighted by Gasteiger charge is 2.22. The molecule has 1 atom stereocenters. The maximum Gasteiger partial charge on any atom is 0.247 e. The number of carbonyl (C=O) groups is 3. The van der Waals surface area contributed by atoms with Crippen LogP contribution in [0.1, 0.15) is 31.9 Å². The van der Waals surface area contributed by atoms with E-state index in [0.29, 0.717) is 37.5 Å². The monoisotopic (exact) mass is 365 g/mol. The summed E-state index contributed by atoms with van der Waals surface area (Å²) in [5, 5.41) is 7.83. The zero-order valence-electron chi connectivity index (χ0n) is 15.5. The van der Waals surface area contributed by atoms with Gasteiger partial charge in [-0.15, -0.1) is 0 Å². The van der Waals surface area contributed by atoms with Gasteiger partial charge in [0, 0.05) is 26.7 Å². The average Bonchev–Trinajstić information content (AvgIpc) is 2.64. The van der Waals surface area contributed by atoms with Crippen molar-refractivity contribution in [2.24, 2.45) is 0 Å². The summed E-state index contributed by atoms with van der Waals surface area (Å²) >= 11 is 0. The Morgan fingerprint density at radius 2 is 1.81 bits per heavy atom. The normalized spacial score (nSPS) is 11.3. The van der Waals surface area contributed by atoms with Crippen LogP contribution in [0.3, 0.4) is 0 Å². The lowest BCUT2D eigenvalue weighted by Gasteiger charge is -2.19. The van der Waals surface area contributed by atoms with E-state index in [1.807, 2.05) is 6.92 Å². The molecule has 1 aromatic carbocycles. The van der Waals surface area contributed by atoms with Crippen molar-refractivity contribution in [2.75, 3.05) is 33.4 Å². The maximum atomic E-state index is 12.5. The molecule has 0 aromatic heterocycles. The second-order valence-corrected chi connectivity index (χ2v) is 5.52. The van der Waals surface area contributed by atoms with E-state index in [4.69, 9.17) is 9.47 Å². The van der Waals surface area contributed by atoms with E-state index in [1.54, 1.807) is 31.4 Å². The summed E-state index contributed by atoms with van der Waals surface area (Å²) in [6, 6.07) is 5.98. The third-order valence-corrected chi connectivity index (χ3v) is 3.48. The topological polar surface area (TPSA) is 106 Å². The first-order chi connectivity index (χ1) is 12.5. The zero-order chi connectivity index (χ0) is 19.4. The highest BCUT2D eigenvalue weighted by Crippen LogP contribution is 2.18. The van der Waals surface area contributed by atoms with Gasteiger partial charge < -0.3 is 25.4 Å². The Morgan fingerprint density at radius 1 is 1.12 bits per heavy atom. The van der Waals surface area contributed by atoms with Crippen LogP contribution in [0.5, 0.6) is 5.75 Å². The Hall–Kier alpha value is -2.61. The predicted octanol–water partition coefficient (Wildman–Crippen LogP) is 0.531. The largest absolute Gasteiger partial charge is 0.497 e. The molecule has 8 heteroatoms. The lowest BCUT2D eigenvalue weighted by atomic mass is 10.1. The first kappa shape index (κ1) is 21.4. The molecule has 0 bridgehead atoms. The van der Waals surface area contributed by atoms with Crippen molar-refractivity contribution in [3.63, 3.8) is 0 Å². The van der Waals surface area contributed by atoms with Crippen LogP contribution in [0.15, 0.2) is 24.3 Å². The maximum absolute atomic E-state index is 12.5. The van der Waals surface area contributed by atoms with Crippen LogP contribution in [-0.2, 0) is 19.1 Å². The molecule has 1 rings (SSSR count). The van der Waals surface area contributed by atoms with Gasteiger partial charge in [-0.05, 0) is 31.0 Å². The van der Waals surface area contributed by atoms with Gasteiger partial charge in [0.05, 0.1) is 13.7 Å². The number of hydrogen-bond acceptors (Lipinski definition) is 5. The number of nitrogens with one attached hydrogen (secondary N) is 3. The molecular formula is C18H27N3O5. The first-order valence-corrected chi connectivity index (χ1v) is 8.51. The number of methoxy groups -OCH3 is 1. The summed E-state index contributed by atoms with van der Waals surface area (Å²) < 4.78 is 10.3. The Labute approximate surface area is 153 Å². The molecule has 0 aliphatic carbocycles. The number of hydrogen-bond donors (Lipinski definition) is 3. The fraction of sp³-hybridized carbons (Fsp3) is 0.500. The second kappa shape index (κ2) is 11.9. The molecule has 0 radical (unpaired) electrons. The molecule has 0 spiro atoms. The highest BCUT2D eigenvalue weighted by molar-refractivity contribution is 5.90. The quantitative estimate of drug-likeness (QED) is 0.496. The molecule has 0 aliphatic heterocycles. The van der Waals surface area contributed by atoms with Gasteiger partial charge in [0.1, 0.15) is 11.8 Å². The van der Waals surface area contributed by atoms with Gasteiger partial charge in [0.15, 0.2) is 0 Å². The fourth-order valence-corrected chi connectivity index (χ4v) is 2.15. The van der Waals surface area contributed by atoms with Gasteiger partial charge >= 0.3 is 0 Å². The number of ether oxygens (including phenoxy) is 2. The van der Waals surface area contributed by atoms with Crippen molar-refractivity contribution in [1.29, 1.82) is 0 Å². The summed E-state index contributed by atoms with van der Waals surface area (Å²) in [5.41, 5.74) is 0.615. The SMILES string of the molecule is CCOCCCNC(=O)C(NC(=O)CNC(C)=O)c1ccc(OC)cc1. The molecule has 0 saturated carbocycles. The van der Waals surface area contributed by atoms with E-state index in [1.165, 1.54) is 6.92 Å². The molecule has 1 unspecified atom stereocenters. The third kappa shape index (κ3) is 7.98. The van der Waals surface area contributed by atoms with E-state index in [0.717, 1.165) is 0 Å². The smallest absolute Gasteiger partial charge is 0.247 e. The molecule has 0 fully saturated rings. The van der Waals surface area contributed by atoms with Crippen molar-refractivity contribution in [2.45, 2.75) is 26.3 Å². The minimum absolute atomic E-state index is 0.195. The summed E-state index contributed by atoms with van der Waals surface area (Å²) in [6.07, 6.45) is 0.675. The predicted molar refractivity (Wildman–Crippen MR) is 96.7 cm³/mol. The van der Waals surface area contributed by atoms with Crippen LogP contribution < -0.4 is 20.7 Å². The summed E-state index contributed by atoms with van der Waals surface area (Å²) in [7, 11) is 1.55. The zero-order valence-corrected chi connectivity index (χ0v) is 15.5. The van der Waals surface area contributed by atoms with E-state index in [-0.39, 0.29) is 18.4 Å². The molecule has 3 N–H and O–H groups in total. The van der Waals surface area contributed by atoms with Crippen LogP contribution in [-0.4, -0.2) is 51.1 Å². The summed E-state index contributed by atoms with van der Waals surface area (Å²) in [4.78, 5) is 35.5. The van der Waals surface area contributed by atoms with Crippen LogP contribution in [0.25, 0.3) is 0 Å². The molecule has 0 heterocycles. The van der Waals surface area contributed by atoms with Gasteiger partial charge in [-0.3, -0.25) is 14.4 Å². The number of rotatable bonds is 11. The van der Waals surface area contributed by atoms with Crippen molar-refractivity contribution in [3.05, 3.63) is 29.8 Å². The minimum atomic E-state index is -0.866. The third-order valence-electron chi connectivity index (χ3n) is 3.48. The van der Waals surface area contributed by atoms with Gasteiger partial charge in [0.2, 0.25) is 17.7 Å². The number of carbonyl (C=O) groups excluding carboxylic acids is 3. The Bertz CT molecular complexity index is 589. The fourth-order valence-electron chi connectivity index (χ4n) is 2.15. The van der Waals surface area contributed by atoms with Crippen molar-refractivity contribution >= 4 is 17.7 Å². The number of benzene rings is 1. The van der Waals surface area contributed by atoms with Crippen LogP contribution in [0.2, 0.25) is 0 Å². The Morgan fingerprint density at radius 3 is 2.38 bits per heavy atom. The Balaban J connectivity index is 2.74. The van der Waals surface area contributed by atoms with Crippen LogP contribution >= 0.6 is 0 Å². The molecule has 144 valence electrons. The van der Waals surface area contributed by atoms with Crippen molar-refractivity contribution in [3.8, 4) is 5.75 Å². The second-order valence-electron chi connectivity index (χ2n) is 5.52. The Kier molecular flexibility index (Phi) is 9.78. The summed E-state index contributed by atoms with van der Waals surface area (Å²) in [6.45, 7) is 4.65. The van der Waals surface area contributed by atoms with Gasteiger partial charge in [-0.25, -0.2) is 0 Å². The van der Waals surface area contributed by atoms with Crippen LogP contribution in [0, 0.1) is 0 Å². The minimum Gasteiger partial charge on any atom is -0.497 e. The van der Waals surface area contributed by atoms with Gasteiger partial charge in [-0.2, -0.15) is 0 Å². The van der Waals surface area contributed by atoms with Gasteiger partial charge in [0.25, 0.3) is 0 Å². The average molecular weight is 365 g/mol. The molecule has 0 aliphatic rings. The lowest BCUT2D eigenvalue weighted by Crippen LogP contribution is -2.44. The molecule has 8 nitrogen and oxygen atoms in total. The van der Waals surface area contributed by atoms with E-state index in [2.05, 4.69) is 16.0 Å². The molecular weight excluding hydrogens is 338 g/mol. The first-order valence-electron chi connectivity index (χ1n) is 8.51. The molecule has 3 amide bonds.